The molecular weight excluding hydrogens is 543 g/mol. The summed E-state index contributed by atoms with van der Waals surface area (Å²) in [6.07, 6.45) is 1.75. The maximum atomic E-state index is 12.8. The molecule has 0 atom stereocenters. The highest BCUT2D eigenvalue weighted by Gasteiger charge is 2.30. The predicted molar refractivity (Wildman–Crippen MR) is 145 cm³/mol. The van der Waals surface area contributed by atoms with Gasteiger partial charge in [0, 0.05) is 7.05 Å². The number of hydrogen-bond acceptors (Lipinski definition) is 6. The lowest BCUT2D eigenvalue weighted by Crippen LogP contribution is -2.23. The fraction of sp³-hybridized carbons (Fsp3) is 0.115. The van der Waals surface area contributed by atoms with Crippen molar-refractivity contribution in [2.45, 2.75) is 6.61 Å². The summed E-state index contributed by atoms with van der Waals surface area (Å²) in [4.78, 5) is 30.9. The van der Waals surface area contributed by atoms with Crippen LogP contribution in [0.25, 0.3) is 6.08 Å². The quantitative estimate of drug-likeness (QED) is 0.234. The number of esters is 1. The van der Waals surface area contributed by atoms with E-state index in [1.54, 1.807) is 61.7 Å². The van der Waals surface area contributed by atoms with E-state index in [-0.39, 0.29) is 12.5 Å². The van der Waals surface area contributed by atoms with Gasteiger partial charge in [-0.2, -0.15) is 0 Å². The number of methoxy groups -OCH3 is 1. The minimum Gasteiger partial charge on any atom is -0.487 e. The summed E-state index contributed by atoms with van der Waals surface area (Å²) in [5, 5.41) is 1.86. The third kappa shape index (κ3) is 6.05. The molecule has 3 aromatic rings. The Kier molecular flexibility index (Phi) is 8.26. The smallest absolute Gasteiger partial charge is 0.337 e. The molecule has 1 aliphatic heterocycles. The Morgan fingerprint density at radius 1 is 1.00 bits per heavy atom. The Morgan fingerprint density at radius 3 is 2.42 bits per heavy atom. The number of rotatable bonds is 6. The second-order valence-corrected chi connectivity index (χ2v) is 9.87. The topological polar surface area (TPSA) is 68.2 Å². The van der Waals surface area contributed by atoms with Crippen molar-refractivity contribution in [3.05, 3.63) is 97.3 Å². The molecule has 4 rings (SSSR count). The molecule has 0 spiro atoms. The second-order valence-electron chi connectivity index (χ2n) is 7.63. The van der Waals surface area contributed by atoms with Gasteiger partial charge in [-0.1, -0.05) is 46.9 Å². The van der Waals surface area contributed by atoms with E-state index in [1.807, 2.05) is 12.1 Å². The van der Waals surface area contributed by atoms with Crippen LogP contribution in [0.2, 0.25) is 15.1 Å². The lowest BCUT2D eigenvalue weighted by Gasteiger charge is -2.09. The Bertz CT molecular complexity index is 1390. The predicted octanol–water partition coefficient (Wildman–Crippen LogP) is 7.25. The average molecular weight is 562 g/mol. The van der Waals surface area contributed by atoms with Gasteiger partial charge in [0.25, 0.3) is 5.91 Å². The SMILES string of the molecule is COC(=O)c1ccc(N=C2SC(=Cc3ccc(OCc4ccc(Cl)c(Cl)c4)c(Cl)c3)C(=O)N2C)cc1. The van der Waals surface area contributed by atoms with Crippen LogP contribution in [0.5, 0.6) is 5.75 Å². The van der Waals surface area contributed by atoms with Gasteiger partial charge in [-0.15, -0.1) is 0 Å². The molecule has 0 saturated carbocycles. The van der Waals surface area contributed by atoms with E-state index in [2.05, 4.69) is 4.99 Å². The fourth-order valence-electron chi connectivity index (χ4n) is 3.22. The fourth-order valence-corrected chi connectivity index (χ4v) is 4.77. The van der Waals surface area contributed by atoms with Gasteiger partial charge in [0.1, 0.15) is 12.4 Å². The molecule has 1 heterocycles. The molecule has 0 aromatic heterocycles. The molecule has 1 saturated heterocycles. The van der Waals surface area contributed by atoms with E-state index in [0.29, 0.717) is 42.1 Å². The van der Waals surface area contributed by atoms with Crippen LogP contribution in [-0.4, -0.2) is 36.1 Å². The number of carbonyl (C=O) groups excluding carboxylic acids is 2. The number of thioether (sulfide) groups is 1. The molecule has 10 heteroatoms. The molecular formula is C26H19Cl3N2O4S. The second kappa shape index (κ2) is 11.4. The van der Waals surface area contributed by atoms with Crippen LogP contribution in [0, 0.1) is 0 Å². The van der Waals surface area contributed by atoms with Crippen LogP contribution in [0.3, 0.4) is 0 Å². The molecule has 1 amide bonds. The summed E-state index contributed by atoms with van der Waals surface area (Å²) < 4.78 is 10.5. The number of likely N-dealkylation sites (N-methyl/N-ethyl adjacent to an activating group) is 1. The van der Waals surface area contributed by atoms with Crippen molar-refractivity contribution in [2.75, 3.05) is 14.2 Å². The van der Waals surface area contributed by atoms with Crippen LogP contribution in [0.1, 0.15) is 21.5 Å². The highest BCUT2D eigenvalue weighted by atomic mass is 35.5. The maximum Gasteiger partial charge on any atom is 0.337 e. The van der Waals surface area contributed by atoms with Gasteiger partial charge in [0.05, 0.1) is 38.3 Å². The third-order valence-corrected chi connectivity index (χ3v) is 7.24. The number of benzene rings is 3. The number of carbonyl (C=O) groups is 2. The van der Waals surface area contributed by atoms with Crippen molar-refractivity contribution in [3.63, 3.8) is 0 Å². The van der Waals surface area contributed by atoms with E-state index < -0.39 is 5.97 Å². The molecule has 184 valence electrons. The first-order valence-electron chi connectivity index (χ1n) is 10.6. The van der Waals surface area contributed by atoms with Gasteiger partial charge < -0.3 is 9.47 Å². The van der Waals surface area contributed by atoms with Gasteiger partial charge in [-0.05, 0) is 77.5 Å². The number of amidine groups is 1. The van der Waals surface area contributed by atoms with Crippen molar-refractivity contribution in [1.82, 2.24) is 4.90 Å². The monoisotopic (exact) mass is 560 g/mol. The summed E-state index contributed by atoms with van der Waals surface area (Å²) in [5.74, 6) is -0.0996. The lowest BCUT2D eigenvalue weighted by molar-refractivity contribution is -0.121. The van der Waals surface area contributed by atoms with Gasteiger partial charge >= 0.3 is 5.97 Å². The number of aliphatic imine (C=N–C) groups is 1. The summed E-state index contributed by atoms with van der Waals surface area (Å²) in [6.45, 7) is 0.274. The van der Waals surface area contributed by atoms with Crippen LogP contribution < -0.4 is 4.74 Å². The van der Waals surface area contributed by atoms with Crippen LogP contribution in [0.15, 0.2) is 70.6 Å². The third-order valence-electron chi connectivity index (χ3n) is 5.15. The van der Waals surface area contributed by atoms with Gasteiger partial charge in [-0.3, -0.25) is 9.69 Å². The normalized spacial score (nSPS) is 15.6. The number of ether oxygens (including phenoxy) is 2. The first kappa shape index (κ1) is 26.1. The van der Waals surface area contributed by atoms with Crippen molar-refractivity contribution < 1.29 is 19.1 Å². The van der Waals surface area contributed by atoms with Crippen LogP contribution in [0.4, 0.5) is 5.69 Å². The summed E-state index contributed by atoms with van der Waals surface area (Å²) in [5.41, 5.74) is 2.63. The Hall–Kier alpha value is -2.97. The Morgan fingerprint density at radius 2 is 1.75 bits per heavy atom. The van der Waals surface area contributed by atoms with Crippen LogP contribution in [-0.2, 0) is 16.1 Å². The molecule has 6 nitrogen and oxygen atoms in total. The molecule has 3 aromatic carbocycles. The van der Waals surface area contributed by atoms with E-state index in [0.717, 1.165) is 11.1 Å². The summed E-state index contributed by atoms with van der Waals surface area (Å²) in [6, 6.07) is 17.2. The number of hydrogen-bond donors (Lipinski definition) is 0. The van der Waals surface area contributed by atoms with Gasteiger partial charge in [0.2, 0.25) is 0 Å². The minimum absolute atomic E-state index is 0.180. The average Bonchev–Trinajstić information content (AvgIpc) is 3.13. The molecule has 0 aliphatic carbocycles. The molecule has 0 unspecified atom stereocenters. The summed E-state index contributed by atoms with van der Waals surface area (Å²) in [7, 11) is 2.98. The molecule has 0 radical (unpaired) electrons. The van der Waals surface area contributed by atoms with E-state index in [9.17, 15) is 9.59 Å². The number of halogens is 3. The maximum absolute atomic E-state index is 12.8. The van der Waals surface area contributed by atoms with Crippen molar-refractivity contribution in [3.8, 4) is 5.75 Å². The van der Waals surface area contributed by atoms with Crippen molar-refractivity contribution in [2.24, 2.45) is 4.99 Å². The van der Waals surface area contributed by atoms with Crippen molar-refractivity contribution in [1.29, 1.82) is 0 Å². The van der Waals surface area contributed by atoms with E-state index in [4.69, 9.17) is 44.3 Å². The lowest BCUT2D eigenvalue weighted by atomic mass is 10.2. The standard InChI is InChI=1S/C26H19Cl3N2O4S/c1-31-24(32)23(36-26(31)30-18-7-5-17(6-8-18)25(33)34-2)13-15-4-10-22(21(29)11-15)35-14-16-3-9-19(27)20(28)12-16/h3-13H,14H2,1-2H3. The van der Waals surface area contributed by atoms with E-state index >= 15 is 0 Å². The first-order valence-corrected chi connectivity index (χ1v) is 12.5. The largest absolute Gasteiger partial charge is 0.487 e. The van der Waals surface area contributed by atoms with E-state index in [1.165, 1.54) is 23.8 Å². The minimum atomic E-state index is -0.425. The zero-order valence-corrected chi connectivity index (χ0v) is 22.2. The zero-order chi connectivity index (χ0) is 25.8. The number of amides is 1. The number of nitrogens with zero attached hydrogens (tertiary/aromatic N) is 2. The van der Waals surface area contributed by atoms with Gasteiger partial charge in [0.15, 0.2) is 5.17 Å². The molecule has 36 heavy (non-hydrogen) atoms. The summed E-state index contributed by atoms with van der Waals surface area (Å²) >= 11 is 19.7. The zero-order valence-electron chi connectivity index (χ0n) is 19.1. The highest BCUT2D eigenvalue weighted by Crippen LogP contribution is 2.35. The Balaban J connectivity index is 1.46. The molecule has 1 fully saturated rings. The van der Waals surface area contributed by atoms with Crippen LogP contribution >= 0.6 is 46.6 Å². The van der Waals surface area contributed by atoms with Gasteiger partial charge in [-0.25, -0.2) is 9.79 Å². The first-order chi connectivity index (χ1) is 17.2. The molecule has 1 aliphatic rings. The molecule has 0 bridgehead atoms. The van der Waals surface area contributed by atoms with Crippen molar-refractivity contribution >= 4 is 75.4 Å². The molecule has 0 N–H and O–H groups in total. The Labute approximate surface area is 227 Å². The highest BCUT2D eigenvalue weighted by molar-refractivity contribution is 8.18.